The van der Waals surface area contributed by atoms with Gasteiger partial charge in [-0.2, -0.15) is 0 Å². The molecule has 0 aromatic rings. The molecule has 0 saturated carbocycles. The smallest absolute Gasteiger partial charge is 0.305 e. The van der Waals surface area contributed by atoms with Crippen molar-refractivity contribution in [3.63, 3.8) is 0 Å². The van der Waals surface area contributed by atoms with Gasteiger partial charge in [0.05, 0.1) is 7.11 Å². The molecule has 1 atom stereocenters. The van der Waals surface area contributed by atoms with Crippen LogP contribution in [0.2, 0.25) is 0 Å². The molecule has 0 unspecified atom stereocenters. The second kappa shape index (κ2) is 19.2. The highest BCUT2D eigenvalue weighted by Crippen LogP contribution is 2.10. The van der Waals surface area contributed by atoms with Crippen LogP contribution in [-0.2, 0) is 14.4 Å². The van der Waals surface area contributed by atoms with E-state index in [2.05, 4.69) is 22.6 Å². The minimum absolute atomic E-state index is 0.0985. The van der Waals surface area contributed by atoms with Crippen LogP contribution in [0.5, 0.6) is 0 Å². The van der Waals surface area contributed by atoms with Gasteiger partial charge in [0.15, 0.2) is 0 Å². The SMILES string of the molecule is CCCCC[C@@H](/C=C/C=C/CCCCCCCCCC(=O)OC)OO. The number of methoxy groups -OCH3 is 1. The summed E-state index contributed by atoms with van der Waals surface area (Å²) in [7, 11) is 1.44. The first kappa shape index (κ1) is 23.9. The standard InChI is InChI=1S/C21H38O4/c1-3-4-14-17-20(25-23)18-15-12-10-8-6-5-7-9-11-13-16-19-21(22)24-2/h10,12,15,18,20,23H,3-9,11,13-14,16-17,19H2,1-2H3/b12-10+,18-15+/t20-/m0/s1. The van der Waals surface area contributed by atoms with Crippen LogP contribution in [0.25, 0.3) is 0 Å². The summed E-state index contributed by atoms with van der Waals surface area (Å²) in [4.78, 5) is 15.4. The highest BCUT2D eigenvalue weighted by Gasteiger charge is 2.02. The molecule has 146 valence electrons. The first-order chi connectivity index (χ1) is 12.2. The lowest BCUT2D eigenvalue weighted by Crippen LogP contribution is -2.06. The van der Waals surface area contributed by atoms with Crippen molar-refractivity contribution in [2.75, 3.05) is 7.11 Å². The van der Waals surface area contributed by atoms with Gasteiger partial charge in [0, 0.05) is 6.42 Å². The Kier molecular flexibility index (Phi) is 18.3. The Morgan fingerprint density at radius 3 is 2.28 bits per heavy atom. The fourth-order valence-corrected chi connectivity index (χ4v) is 2.66. The zero-order valence-corrected chi connectivity index (χ0v) is 16.3. The van der Waals surface area contributed by atoms with E-state index in [1.807, 2.05) is 18.2 Å². The van der Waals surface area contributed by atoms with Crippen molar-refractivity contribution < 1.29 is 19.7 Å². The van der Waals surface area contributed by atoms with Gasteiger partial charge < -0.3 is 4.74 Å². The Hall–Kier alpha value is -1.13. The molecule has 0 rings (SSSR count). The normalized spacial score (nSPS) is 12.9. The van der Waals surface area contributed by atoms with E-state index in [0.29, 0.717) is 6.42 Å². The number of unbranched alkanes of at least 4 members (excludes halogenated alkanes) is 9. The molecule has 0 aliphatic carbocycles. The van der Waals surface area contributed by atoms with Crippen LogP contribution < -0.4 is 0 Å². The molecular formula is C21H38O4. The maximum Gasteiger partial charge on any atom is 0.305 e. The van der Waals surface area contributed by atoms with Gasteiger partial charge in [-0.15, -0.1) is 0 Å². The predicted octanol–water partition coefficient (Wildman–Crippen LogP) is 6.22. The van der Waals surface area contributed by atoms with Gasteiger partial charge in [0.2, 0.25) is 0 Å². The fourth-order valence-electron chi connectivity index (χ4n) is 2.66. The highest BCUT2D eigenvalue weighted by molar-refractivity contribution is 5.68. The lowest BCUT2D eigenvalue weighted by molar-refractivity contribution is -0.267. The number of hydrogen-bond acceptors (Lipinski definition) is 4. The van der Waals surface area contributed by atoms with Crippen molar-refractivity contribution >= 4 is 5.97 Å². The molecule has 1 N–H and O–H groups in total. The molecule has 0 bridgehead atoms. The summed E-state index contributed by atoms with van der Waals surface area (Å²) < 4.78 is 4.62. The van der Waals surface area contributed by atoms with Crippen LogP contribution in [-0.4, -0.2) is 24.4 Å². The third-order valence-electron chi connectivity index (χ3n) is 4.28. The summed E-state index contributed by atoms with van der Waals surface area (Å²) in [5.41, 5.74) is 0. The monoisotopic (exact) mass is 354 g/mol. The molecule has 0 spiro atoms. The van der Waals surface area contributed by atoms with Crippen LogP contribution in [0, 0.1) is 0 Å². The second-order valence-corrected chi connectivity index (χ2v) is 6.54. The Bertz CT molecular complexity index is 350. The molecule has 4 nitrogen and oxygen atoms in total. The molecule has 4 heteroatoms. The topological polar surface area (TPSA) is 55.8 Å². The number of carbonyl (C=O) groups excluding carboxylic acids is 1. The van der Waals surface area contributed by atoms with Gasteiger partial charge in [0.1, 0.15) is 6.10 Å². The Morgan fingerprint density at radius 2 is 1.64 bits per heavy atom. The zero-order chi connectivity index (χ0) is 18.6. The Balaban J connectivity index is 3.44. The van der Waals surface area contributed by atoms with Crippen LogP contribution in [0.1, 0.15) is 90.4 Å². The first-order valence-electron chi connectivity index (χ1n) is 9.95. The highest BCUT2D eigenvalue weighted by atomic mass is 17.1. The summed E-state index contributed by atoms with van der Waals surface area (Å²) >= 11 is 0. The fraction of sp³-hybridized carbons (Fsp3) is 0.762. The number of rotatable bonds is 17. The van der Waals surface area contributed by atoms with Gasteiger partial charge in [-0.1, -0.05) is 82.6 Å². The molecule has 25 heavy (non-hydrogen) atoms. The Labute approximate surface area is 154 Å². The van der Waals surface area contributed by atoms with Crippen molar-refractivity contribution in [3.05, 3.63) is 24.3 Å². The zero-order valence-electron chi connectivity index (χ0n) is 16.3. The first-order valence-corrected chi connectivity index (χ1v) is 9.95. The third-order valence-corrected chi connectivity index (χ3v) is 4.28. The minimum atomic E-state index is -0.185. The summed E-state index contributed by atoms with van der Waals surface area (Å²) in [6.45, 7) is 2.17. The van der Waals surface area contributed by atoms with Gasteiger partial charge in [0.25, 0.3) is 0 Å². The summed E-state index contributed by atoms with van der Waals surface area (Å²) in [5, 5.41) is 8.84. The molecule has 0 saturated heterocycles. The van der Waals surface area contributed by atoms with E-state index in [1.54, 1.807) is 0 Å². The molecule has 0 fully saturated rings. The van der Waals surface area contributed by atoms with Gasteiger partial charge in [-0.3, -0.25) is 10.1 Å². The van der Waals surface area contributed by atoms with Crippen molar-refractivity contribution in [2.45, 2.75) is 96.5 Å². The van der Waals surface area contributed by atoms with E-state index < -0.39 is 0 Å². The summed E-state index contributed by atoms with van der Waals surface area (Å²) in [5.74, 6) is -0.0985. The molecule has 0 heterocycles. The summed E-state index contributed by atoms with van der Waals surface area (Å²) in [6, 6.07) is 0. The van der Waals surface area contributed by atoms with E-state index in [4.69, 9.17) is 5.26 Å². The van der Waals surface area contributed by atoms with E-state index >= 15 is 0 Å². The van der Waals surface area contributed by atoms with Crippen molar-refractivity contribution in [1.82, 2.24) is 0 Å². The van der Waals surface area contributed by atoms with Crippen molar-refractivity contribution in [1.29, 1.82) is 0 Å². The van der Waals surface area contributed by atoms with Crippen LogP contribution >= 0.6 is 0 Å². The molecule has 0 radical (unpaired) electrons. The average Bonchev–Trinajstić information content (AvgIpc) is 2.63. The maximum absolute atomic E-state index is 11.0. The van der Waals surface area contributed by atoms with Gasteiger partial charge >= 0.3 is 5.97 Å². The third kappa shape index (κ3) is 17.5. The van der Waals surface area contributed by atoms with Gasteiger partial charge in [-0.25, -0.2) is 4.89 Å². The van der Waals surface area contributed by atoms with Gasteiger partial charge in [-0.05, 0) is 25.7 Å². The molecule has 0 aliphatic heterocycles. The lowest BCUT2D eigenvalue weighted by atomic mass is 10.1. The number of esters is 1. The average molecular weight is 355 g/mol. The van der Waals surface area contributed by atoms with E-state index in [9.17, 15) is 4.79 Å². The van der Waals surface area contributed by atoms with Crippen molar-refractivity contribution in [2.24, 2.45) is 0 Å². The Morgan fingerprint density at radius 1 is 0.960 bits per heavy atom. The minimum Gasteiger partial charge on any atom is -0.469 e. The van der Waals surface area contributed by atoms with Crippen molar-refractivity contribution in [3.8, 4) is 0 Å². The predicted molar refractivity (Wildman–Crippen MR) is 103 cm³/mol. The number of hydrogen-bond donors (Lipinski definition) is 1. The van der Waals surface area contributed by atoms with E-state index in [0.717, 1.165) is 32.1 Å². The number of carbonyl (C=O) groups is 1. The van der Waals surface area contributed by atoms with Crippen LogP contribution in [0.3, 0.4) is 0 Å². The quantitative estimate of drug-likeness (QED) is 0.111. The molecule has 0 amide bonds. The molecule has 0 aromatic heterocycles. The summed E-state index contributed by atoms with van der Waals surface area (Å²) in [6.07, 6.45) is 22.1. The number of allylic oxidation sites excluding steroid dienone is 3. The van der Waals surface area contributed by atoms with Crippen LogP contribution in [0.15, 0.2) is 24.3 Å². The largest absolute Gasteiger partial charge is 0.469 e. The van der Waals surface area contributed by atoms with Crippen LogP contribution in [0.4, 0.5) is 0 Å². The second-order valence-electron chi connectivity index (χ2n) is 6.54. The molecule has 0 aromatic carbocycles. The van der Waals surface area contributed by atoms with E-state index in [1.165, 1.54) is 52.1 Å². The number of ether oxygens (including phenoxy) is 1. The maximum atomic E-state index is 11.0. The lowest BCUT2D eigenvalue weighted by Gasteiger charge is -2.07. The molecule has 0 aliphatic rings. The van der Waals surface area contributed by atoms with E-state index in [-0.39, 0.29) is 12.1 Å². The molecular weight excluding hydrogens is 316 g/mol.